The monoisotopic (exact) mass is 247 g/mol. The molecule has 0 saturated carbocycles. The van der Waals surface area contributed by atoms with Gasteiger partial charge in [-0.3, -0.25) is 10.1 Å². The zero-order chi connectivity index (χ0) is 13.0. The molecule has 2 rings (SSSR count). The highest BCUT2D eigenvalue weighted by atomic mass is 16.6. The third-order valence-electron chi connectivity index (χ3n) is 3.13. The first-order valence-corrected chi connectivity index (χ1v) is 5.86. The second kappa shape index (κ2) is 5.64. The Labute approximate surface area is 106 Å². The van der Waals surface area contributed by atoms with E-state index in [9.17, 15) is 14.9 Å². The Kier molecular flexibility index (Phi) is 3.94. The Hall–Kier alpha value is -1.89. The van der Waals surface area contributed by atoms with Crippen LogP contribution in [0.5, 0.6) is 0 Å². The highest BCUT2D eigenvalue weighted by Gasteiger charge is 2.17. The largest absolute Gasteiger partial charge is 0.369 e. The molecular weight excluding hydrogens is 233 g/mol. The second-order valence-electron chi connectivity index (χ2n) is 4.23. The molecule has 0 N–H and O–H groups in total. The first-order chi connectivity index (χ1) is 8.70. The third kappa shape index (κ3) is 2.86. The van der Waals surface area contributed by atoms with Crippen LogP contribution in [0.4, 0.5) is 11.4 Å². The minimum Gasteiger partial charge on any atom is -0.369 e. The van der Waals surface area contributed by atoms with E-state index in [1.807, 2.05) is 0 Å². The molecule has 0 amide bonds. The lowest BCUT2D eigenvalue weighted by atomic mass is 9.93. The van der Waals surface area contributed by atoms with Crippen molar-refractivity contribution in [2.24, 2.45) is 0 Å². The van der Waals surface area contributed by atoms with Gasteiger partial charge < -0.3 is 14.5 Å². The Morgan fingerprint density at radius 3 is 2.28 bits per heavy atom. The van der Waals surface area contributed by atoms with Crippen molar-refractivity contribution < 1.29 is 9.72 Å². The number of nitro groups is 1. The van der Waals surface area contributed by atoms with Gasteiger partial charge in [-0.2, -0.15) is 0 Å². The normalized spacial score (nSPS) is 16.3. The van der Waals surface area contributed by atoms with Gasteiger partial charge in [0.1, 0.15) is 0 Å². The van der Waals surface area contributed by atoms with Crippen LogP contribution in [0.25, 0.3) is 0 Å². The van der Waals surface area contributed by atoms with Gasteiger partial charge in [0.05, 0.1) is 11.1 Å². The lowest BCUT2D eigenvalue weighted by Gasteiger charge is -2.35. The summed E-state index contributed by atoms with van der Waals surface area (Å²) in [7, 11) is 0.480. The lowest BCUT2D eigenvalue weighted by molar-refractivity contribution is -0.384. The number of benzene rings is 1. The van der Waals surface area contributed by atoms with E-state index in [2.05, 4.69) is 9.71 Å². The molecule has 1 aromatic carbocycles. The summed E-state index contributed by atoms with van der Waals surface area (Å²) in [6.07, 6.45) is 0.918. The number of hydrogen-bond acceptors (Lipinski definition) is 5. The maximum absolute atomic E-state index is 10.6. The summed E-state index contributed by atoms with van der Waals surface area (Å²) >= 11 is 0. The summed E-state index contributed by atoms with van der Waals surface area (Å²) in [6, 6.07) is 6.58. The smallest absolute Gasteiger partial charge is 0.281 e. The predicted octanol–water partition coefficient (Wildman–Crippen LogP) is 0.258. The van der Waals surface area contributed by atoms with Gasteiger partial charge in [0.2, 0.25) is 0 Å². The number of rotatable bonds is 4. The first kappa shape index (κ1) is 12.6. The average Bonchev–Trinajstić information content (AvgIpc) is 2.40. The summed E-state index contributed by atoms with van der Waals surface area (Å²) in [5.41, 5.74) is 1.10. The van der Waals surface area contributed by atoms with Crippen LogP contribution in [-0.2, 0) is 4.79 Å². The molecule has 0 bridgehead atoms. The summed E-state index contributed by atoms with van der Waals surface area (Å²) in [6.45, 7) is 3.36. The van der Waals surface area contributed by atoms with Crippen LogP contribution in [0.15, 0.2) is 24.3 Å². The predicted molar refractivity (Wildman–Crippen MR) is 70.8 cm³/mol. The van der Waals surface area contributed by atoms with Gasteiger partial charge >= 0.3 is 0 Å². The van der Waals surface area contributed by atoms with Crippen molar-refractivity contribution in [2.75, 3.05) is 31.1 Å². The molecule has 0 atom stereocenters. The number of hydrogen-bond donors (Lipinski definition) is 0. The van der Waals surface area contributed by atoms with Crippen LogP contribution in [0.2, 0.25) is 0 Å². The number of nitro benzene ring substituents is 1. The second-order valence-corrected chi connectivity index (χ2v) is 4.23. The Morgan fingerprint density at radius 1 is 1.17 bits per heavy atom. The van der Waals surface area contributed by atoms with Crippen molar-refractivity contribution in [1.29, 1.82) is 0 Å². The van der Waals surface area contributed by atoms with Gasteiger partial charge in [0, 0.05) is 44.0 Å². The van der Waals surface area contributed by atoms with E-state index in [0.29, 0.717) is 7.41 Å². The van der Waals surface area contributed by atoms with Crippen molar-refractivity contribution in [3.8, 4) is 0 Å². The molecule has 1 saturated heterocycles. The van der Waals surface area contributed by atoms with E-state index in [1.165, 1.54) is 12.1 Å². The van der Waals surface area contributed by atoms with E-state index < -0.39 is 4.92 Å². The first-order valence-electron chi connectivity index (χ1n) is 5.86. The quantitative estimate of drug-likeness (QED) is 0.330. The van der Waals surface area contributed by atoms with Crippen molar-refractivity contribution in [1.82, 2.24) is 4.81 Å². The van der Waals surface area contributed by atoms with Crippen LogP contribution in [-0.4, -0.2) is 49.5 Å². The molecule has 1 aromatic rings. The van der Waals surface area contributed by atoms with Gasteiger partial charge in [-0.25, -0.2) is 0 Å². The number of nitrogens with zero attached hydrogens (tertiary/aromatic N) is 3. The number of non-ortho nitro benzene ring substituents is 1. The maximum atomic E-state index is 10.6. The minimum atomic E-state index is -0.397. The van der Waals surface area contributed by atoms with E-state index in [-0.39, 0.29) is 5.69 Å². The summed E-state index contributed by atoms with van der Waals surface area (Å²) in [5, 5.41) is 10.6. The van der Waals surface area contributed by atoms with Crippen LogP contribution >= 0.6 is 0 Å². The molecule has 0 unspecified atom stereocenters. The fourth-order valence-corrected chi connectivity index (χ4v) is 2.08. The van der Waals surface area contributed by atoms with E-state index >= 15 is 0 Å². The highest BCUT2D eigenvalue weighted by Crippen LogP contribution is 2.20. The maximum Gasteiger partial charge on any atom is 0.281 e. The Bertz CT molecular complexity index is 430. The van der Waals surface area contributed by atoms with Crippen molar-refractivity contribution in [3.05, 3.63) is 34.4 Å². The molecule has 6 nitrogen and oxygen atoms in total. The van der Waals surface area contributed by atoms with Gasteiger partial charge in [0.25, 0.3) is 13.1 Å². The van der Waals surface area contributed by atoms with E-state index in [1.54, 1.807) is 12.1 Å². The van der Waals surface area contributed by atoms with Crippen LogP contribution in [0.3, 0.4) is 0 Å². The fourth-order valence-electron chi connectivity index (χ4n) is 2.08. The summed E-state index contributed by atoms with van der Waals surface area (Å²) in [5.74, 6) is 0. The van der Waals surface area contributed by atoms with Crippen LogP contribution < -0.4 is 4.90 Å². The minimum absolute atomic E-state index is 0.110. The van der Waals surface area contributed by atoms with Crippen molar-refractivity contribution in [3.63, 3.8) is 0 Å². The van der Waals surface area contributed by atoms with Gasteiger partial charge in [-0.1, -0.05) is 0 Å². The molecule has 18 heavy (non-hydrogen) atoms. The number of carbonyl (C=O) groups is 1. The molecule has 1 heterocycles. The SMILES string of the molecule is O=CBN1CCN(c2ccc([N+](=O)[O-])cc2)CC1. The molecule has 1 aliphatic rings. The topological polar surface area (TPSA) is 66.7 Å². The van der Waals surface area contributed by atoms with E-state index in [4.69, 9.17) is 0 Å². The van der Waals surface area contributed by atoms with Gasteiger partial charge in [-0.05, 0) is 12.1 Å². The summed E-state index contributed by atoms with van der Waals surface area (Å²) in [4.78, 5) is 24.8. The van der Waals surface area contributed by atoms with Crippen LogP contribution in [0.1, 0.15) is 0 Å². The fraction of sp³-hybridized carbons (Fsp3) is 0.364. The molecule has 0 radical (unpaired) electrons. The standard InChI is InChI=1S/C11H14BN3O3/c16-9-12-14-7-5-13(6-8-14)10-1-3-11(4-2-10)15(17)18/h1-4,9,12H,5-8H2. The molecule has 0 spiro atoms. The van der Waals surface area contributed by atoms with Gasteiger partial charge in [0.15, 0.2) is 0 Å². The van der Waals surface area contributed by atoms with E-state index in [0.717, 1.165) is 38.1 Å². The molecular formula is C11H14BN3O3. The Morgan fingerprint density at radius 2 is 1.78 bits per heavy atom. The summed E-state index contributed by atoms with van der Waals surface area (Å²) < 4.78 is 0. The lowest BCUT2D eigenvalue weighted by Crippen LogP contribution is -2.48. The number of carbonyl (C=O) groups excluding carboxylic acids is 1. The highest BCUT2D eigenvalue weighted by molar-refractivity contribution is 6.64. The van der Waals surface area contributed by atoms with Crippen LogP contribution in [0, 0.1) is 10.1 Å². The molecule has 1 fully saturated rings. The molecule has 94 valence electrons. The zero-order valence-corrected chi connectivity index (χ0v) is 9.99. The number of anilines is 1. The Balaban J connectivity index is 1.97. The molecule has 0 aromatic heterocycles. The molecule has 7 heteroatoms. The molecule has 1 aliphatic heterocycles. The zero-order valence-electron chi connectivity index (χ0n) is 9.99. The molecule has 0 aliphatic carbocycles. The average molecular weight is 247 g/mol. The van der Waals surface area contributed by atoms with Gasteiger partial charge in [-0.15, -0.1) is 0 Å². The van der Waals surface area contributed by atoms with Crippen molar-refractivity contribution >= 4 is 25.0 Å². The van der Waals surface area contributed by atoms with Crippen molar-refractivity contribution in [2.45, 2.75) is 0 Å². The number of piperazine rings is 1. The third-order valence-corrected chi connectivity index (χ3v) is 3.13.